The predicted molar refractivity (Wildman–Crippen MR) is 107 cm³/mol. The van der Waals surface area contributed by atoms with Crippen LogP contribution >= 0.6 is 0 Å². The van der Waals surface area contributed by atoms with Crippen molar-refractivity contribution in [3.8, 4) is 0 Å². The van der Waals surface area contributed by atoms with Crippen molar-refractivity contribution in [2.24, 2.45) is 5.92 Å². The van der Waals surface area contributed by atoms with Crippen molar-refractivity contribution < 1.29 is 13.2 Å². The maximum atomic E-state index is 12.5. The summed E-state index contributed by atoms with van der Waals surface area (Å²) in [4.78, 5) is 14.4. The molecule has 0 N–H and O–H groups in total. The van der Waals surface area contributed by atoms with E-state index in [2.05, 4.69) is 27.7 Å². The maximum Gasteiger partial charge on any atom is 0.232 e. The fourth-order valence-electron chi connectivity index (χ4n) is 3.39. The molecule has 1 aromatic carbocycles. The average Bonchev–Trinajstić information content (AvgIpc) is 2.53. The number of amides is 1. The number of anilines is 1. The quantitative estimate of drug-likeness (QED) is 0.787. The third kappa shape index (κ3) is 5.47. The lowest BCUT2D eigenvalue weighted by Crippen LogP contribution is -2.41. The van der Waals surface area contributed by atoms with Gasteiger partial charge in [0.2, 0.25) is 15.9 Å². The summed E-state index contributed by atoms with van der Waals surface area (Å²) in [6, 6.07) is 7.58. The molecule has 26 heavy (non-hydrogen) atoms. The van der Waals surface area contributed by atoms with E-state index in [1.807, 2.05) is 29.2 Å². The summed E-state index contributed by atoms with van der Waals surface area (Å²) in [5.74, 6) is 0.556. The Morgan fingerprint density at radius 1 is 1.23 bits per heavy atom. The summed E-state index contributed by atoms with van der Waals surface area (Å²) >= 11 is 0. The highest BCUT2D eigenvalue weighted by Gasteiger charge is 2.24. The van der Waals surface area contributed by atoms with Crippen LogP contribution in [0.1, 0.15) is 52.5 Å². The van der Waals surface area contributed by atoms with E-state index in [9.17, 15) is 13.2 Å². The van der Waals surface area contributed by atoms with E-state index in [4.69, 9.17) is 0 Å². The first kappa shape index (κ1) is 20.7. The number of sulfonamides is 1. The number of likely N-dealkylation sites (tertiary alicyclic amines) is 1. The normalized spacial score (nSPS) is 18.7. The first-order valence-electron chi connectivity index (χ1n) is 9.34. The van der Waals surface area contributed by atoms with E-state index in [0.717, 1.165) is 31.5 Å². The van der Waals surface area contributed by atoms with Gasteiger partial charge in [0, 0.05) is 26.1 Å². The highest BCUT2D eigenvalue weighted by atomic mass is 32.2. The molecule has 0 aliphatic carbocycles. The van der Waals surface area contributed by atoms with Gasteiger partial charge in [-0.05, 0) is 41.9 Å². The third-order valence-corrected chi connectivity index (χ3v) is 6.15. The van der Waals surface area contributed by atoms with Gasteiger partial charge in [0.15, 0.2) is 0 Å². The zero-order valence-electron chi connectivity index (χ0n) is 16.7. The number of carbonyl (C=O) groups excluding carboxylic acids is 1. The summed E-state index contributed by atoms with van der Waals surface area (Å²) < 4.78 is 25.8. The predicted octanol–water partition coefficient (Wildman–Crippen LogP) is 3.40. The SMILES string of the molecule is CC1CCCN(C(=O)CCN(c2ccc(C(C)(C)C)cc2)S(C)(=O)=O)C1. The lowest BCUT2D eigenvalue weighted by molar-refractivity contribution is -0.132. The Hall–Kier alpha value is -1.56. The van der Waals surface area contributed by atoms with Crippen molar-refractivity contribution in [3.05, 3.63) is 29.8 Å². The molecule has 0 radical (unpaired) electrons. The largest absolute Gasteiger partial charge is 0.342 e. The van der Waals surface area contributed by atoms with Crippen LogP contribution in [0.5, 0.6) is 0 Å². The molecule has 0 aromatic heterocycles. The molecular weight excluding hydrogens is 348 g/mol. The van der Waals surface area contributed by atoms with Gasteiger partial charge in [0.25, 0.3) is 0 Å². The van der Waals surface area contributed by atoms with Gasteiger partial charge in [-0.25, -0.2) is 8.42 Å². The Bertz CT molecular complexity index is 720. The lowest BCUT2D eigenvalue weighted by Gasteiger charge is -2.32. The molecule has 5 nitrogen and oxygen atoms in total. The van der Waals surface area contributed by atoms with E-state index < -0.39 is 10.0 Å². The molecule has 1 aromatic rings. The van der Waals surface area contributed by atoms with Gasteiger partial charge in [-0.1, -0.05) is 39.8 Å². The Labute approximate surface area is 158 Å². The second-order valence-corrected chi connectivity index (χ2v) is 10.4. The minimum atomic E-state index is -3.44. The van der Waals surface area contributed by atoms with Crippen LogP contribution in [0.15, 0.2) is 24.3 Å². The molecule has 1 aliphatic heterocycles. The Morgan fingerprint density at radius 2 is 1.85 bits per heavy atom. The average molecular weight is 381 g/mol. The van der Waals surface area contributed by atoms with Gasteiger partial charge >= 0.3 is 0 Å². The Kier molecular flexibility index (Phi) is 6.37. The molecule has 1 unspecified atom stereocenters. The Balaban J connectivity index is 2.10. The molecule has 0 bridgehead atoms. The maximum absolute atomic E-state index is 12.5. The second kappa shape index (κ2) is 7.99. The first-order chi connectivity index (χ1) is 12.0. The zero-order valence-corrected chi connectivity index (χ0v) is 17.5. The number of piperidine rings is 1. The van der Waals surface area contributed by atoms with Gasteiger partial charge < -0.3 is 4.90 Å². The van der Waals surface area contributed by atoms with E-state index in [-0.39, 0.29) is 24.3 Å². The molecule has 1 fully saturated rings. The van der Waals surface area contributed by atoms with Crippen molar-refractivity contribution in [3.63, 3.8) is 0 Å². The molecule has 1 atom stereocenters. The van der Waals surface area contributed by atoms with Crippen molar-refractivity contribution in [2.75, 3.05) is 30.2 Å². The van der Waals surface area contributed by atoms with Crippen LogP contribution in [0.2, 0.25) is 0 Å². The van der Waals surface area contributed by atoms with Gasteiger partial charge in [-0.2, -0.15) is 0 Å². The van der Waals surface area contributed by atoms with Crippen LogP contribution in [0, 0.1) is 5.92 Å². The van der Waals surface area contributed by atoms with E-state index in [1.54, 1.807) is 0 Å². The molecule has 1 heterocycles. The molecule has 146 valence electrons. The highest BCUT2D eigenvalue weighted by Crippen LogP contribution is 2.26. The van der Waals surface area contributed by atoms with Crippen molar-refractivity contribution in [2.45, 2.75) is 52.4 Å². The van der Waals surface area contributed by atoms with Crippen molar-refractivity contribution in [1.29, 1.82) is 0 Å². The standard InChI is InChI=1S/C20H32N2O3S/c1-16-7-6-13-21(15-16)19(23)12-14-22(26(5,24)25)18-10-8-17(9-11-18)20(2,3)4/h8-11,16H,6-7,12-15H2,1-5H3. The van der Waals surface area contributed by atoms with E-state index >= 15 is 0 Å². The number of benzene rings is 1. The molecular formula is C20H32N2O3S. The van der Waals surface area contributed by atoms with Gasteiger partial charge in [-0.15, -0.1) is 0 Å². The van der Waals surface area contributed by atoms with E-state index in [1.165, 1.54) is 10.6 Å². The summed E-state index contributed by atoms with van der Waals surface area (Å²) in [6.07, 6.45) is 3.58. The van der Waals surface area contributed by atoms with Crippen LogP contribution in [0.4, 0.5) is 5.69 Å². The zero-order chi connectivity index (χ0) is 19.5. The molecule has 0 spiro atoms. The smallest absolute Gasteiger partial charge is 0.232 e. The fraction of sp³-hybridized carbons (Fsp3) is 0.650. The monoisotopic (exact) mass is 380 g/mol. The van der Waals surface area contributed by atoms with Crippen LogP contribution < -0.4 is 4.31 Å². The minimum Gasteiger partial charge on any atom is -0.342 e. The molecule has 0 saturated carbocycles. The lowest BCUT2D eigenvalue weighted by atomic mass is 9.87. The fourth-order valence-corrected chi connectivity index (χ4v) is 4.31. The number of carbonyl (C=O) groups is 1. The highest BCUT2D eigenvalue weighted by molar-refractivity contribution is 7.92. The van der Waals surface area contributed by atoms with Crippen LogP contribution in [-0.2, 0) is 20.2 Å². The van der Waals surface area contributed by atoms with Crippen LogP contribution in [0.3, 0.4) is 0 Å². The number of rotatable bonds is 5. The van der Waals surface area contributed by atoms with E-state index in [0.29, 0.717) is 11.6 Å². The van der Waals surface area contributed by atoms with Gasteiger partial charge in [0.1, 0.15) is 0 Å². The van der Waals surface area contributed by atoms with Gasteiger partial charge in [-0.3, -0.25) is 9.10 Å². The molecule has 2 rings (SSSR count). The topological polar surface area (TPSA) is 57.7 Å². The van der Waals surface area contributed by atoms with Gasteiger partial charge in [0.05, 0.1) is 11.9 Å². The molecule has 6 heteroatoms. The van der Waals surface area contributed by atoms with Crippen molar-refractivity contribution in [1.82, 2.24) is 4.90 Å². The molecule has 1 amide bonds. The number of hydrogen-bond acceptors (Lipinski definition) is 3. The Morgan fingerprint density at radius 3 is 2.35 bits per heavy atom. The summed E-state index contributed by atoms with van der Waals surface area (Å²) in [5, 5.41) is 0. The van der Waals surface area contributed by atoms with Crippen LogP contribution in [-0.4, -0.2) is 45.1 Å². The van der Waals surface area contributed by atoms with Crippen LogP contribution in [0.25, 0.3) is 0 Å². The minimum absolute atomic E-state index is 0.00930. The van der Waals surface area contributed by atoms with Crippen molar-refractivity contribution >= 4 is 21.6 Å². The summed E-state index contributed by atoms with van der Waals surface area (Å²) in [7, 11) is -3.44. The summed E-state index contributed by atoms with van der Waals surface area (Å²) in [5.41, 5.74) is 1.77. The first-order valence-corrected chi connectivity index (χ1v) is 11.2. The molecule has 1 saturated heterocycles. The summed E-state index contributed by atoms with van der Waals surface area (Å²) in [6.45, 7) is 10.2. The third-order valence-electron chi connectivity index (χ3n) is 4.96. The second-order valence-electron chi connectivity index (χ2n) is 8.47. The number of hydrogen-bond donors (Lipinski definition) is 0. The molecule has 1 aliphatic rings. The number of nitrogens with zero attached hydrogens (tertiary/aromatic N) is 2.